The fraction of sp³-hybridized carbons (Fsp3) is 0.714. The average molecular weight is 280 g/mol. The van der Waals surface area contributed by atoms with Crippen molar-refractivity contribution in [1.82, 2.24) is 9.97 Å². The molecular weight excluding hydrogens is 262 g/mol. The molecule has 0 aliphatic heterocycles. The summed E-state index contributed by atoms with van der Waals surface area (Å²) < 4.78 is 5.07. The molecule has 3 aliphatic carbocycles. The van der Waals surface area contributed by atoms with Crippen molar-refractivity contribution in [2.45, 2.75) is 31.9 Å². The number of aromatic nitrogens is 2. The zero-order chi connectivity index (χ0) is 13.0. The molecule has 0 aromatic carbocycles. The Morgan fingerprint density at radius 2 is 2.05 bits per heavy atom. The molecule has 3 aliphatic rings. The van der Waals surface area contributed by atoms with Crippen molar-refractivity contribution in [3.63, 3.8) is 0 Å². The Bertz CT molecular complexity index is 493. The number of hydrogen-bond donors (Lipinski definition) is 1. The maximum atomic E-state index is 6.03. The Balaban J connectivity index is 1.49. The van der Waals surface area contributed by atoms with Crippen LogP contribution < -0.4 is 5.32 Å². The lowest BCUT2D eigenvalue weighted by Gasteiger charge is -2.12. The van der Waals surface area contributed by atoms with E-state index in [1.807, 2.05) is 6.07 Å². The minimum atomic E-state index is 0.401. The number of hydrogen-bond acceptors (Lipinski definition) is 4. The smallest absolute Gasteiger partial charge is 0.158 e. The van der Waals surface area contributed by atoms with E-state index in [0.29, 0.717) is 23.6 Å². The number of rotatable bonds is 4. The summed E-state index contributed by atoms with van der Waals surface area (Å²) in [5.74, 6) is 5.19. The molecule has 2 bridgehead atoms. The van der Waals surface area contributed by atoms with Gasteiger partial charge in [0, 0.05) is 19.2 Å². The maximum absolute atomic E-state index is 6.03. The van der Waals surface area contributed by atoms with E-state index >= 15 is 0 Å². The van der Waals surface area contributed by atoms with Gasteiger partial charge in [-0.15, -0.1) is 0 Å². The minimum Gasteiger partial charge on any atom is -0.377 e. The first-order valence-corrected chi connectivity index (χ1v) is 7.43. The van der Waals surface area contributed by atoms with Crippen LogP contribution in [0.3, 0.4) is 0 Å². The normalized spacial score (nSPS) is 38.3. The molecule has 19 heavy (non-hydrogen) atoms. The maximum Gasteiger partial charge on any atom is 0.158 e. The number of halogens is 1. The SMILES string of the molecule is COCc1nc(Cl)cc(NC2C3C4CCC(C4)C23)n1. The first-order valence-electron chi connectivity index (χ1n) is 7.05. The van der Waals surface area contributed by atoms with Gasteiger partial charge in [0.2, 0.25) is 0 Å². The molecule has 1 aromatic heterocycles. The van der Waals surface area contributed by atoms with E-state index in [4.69, 9.17) is 16.3 Å². The van der Waals surface area contributed by atoms with Crippen molar-refractivity contribution in [3.8, 4) is 0 Å². The van der Waals surface area contributed by atoms with Gasteiger partial charge in [-0.1, -0.05) is 11.6 Å². The van der Waals surface area contributed by atoms with Crippen LogP contribution in [0, 0.1) is 23.7 Å². The highest BCUT2D eigenvalue weighted by atomic mass is 35.5. The highest BCUT2D eigenvalue weighted by Crippen LogP contribution is 2.66. The zero-order valence-electron chi connectivity index (χ0n) is 11.0. The monoisotopic (exact) mass is 279 g/mol. The van der Waals surface area contributed by atoms with Gasteiger partial charge in [0.1, 0.15) is 17.6 Å². The van der Waals surface area contributed by atoms with E-state index in [1.165, 1.54) is 19.3 Å². The summed E-state index contributed by atoms with van der Waals surface area (Å²) in [7, 11) is 1.64. The summed E-state index contributed by atoms with van der Waals surface area (Å²) in [6.07, 6.45) is 4.33. The quantitative estimate of drug-likeness (QED) is 0.861. The summed E-state index contributed by atoms with van der Waals surface area (Å²) in [6.45, 7) is 0.401. The molecule has 3 saturated carbocycles. The highest BCUT2D eigenvalue weighted by Gasteiger charge is 2.65. The van der Waals surface area contributed by atoms with E-state index in [2.05, 4.69) is 15.3 Å². The van der Waals surface area contributed by atoms with E-state index < -0.39 is 0 Å². The Morgan fingerprint density at radius 1 is 1.32 bits per heavy atom. The summed E-state index contributed by atoms with van der Waals surface area (Å²) in [5, 5.41) is 4.05. The fourth-order valence-electron chi connectivity index (χ4n) is 4.42. The zero-order valence-corrected chi connectivity index (χ0v) is 11.7. The Kier molecular flexibility index (Phi) is 2.71. The van der Waals surface area contributed by atoms with Gasteiger partial charge in [-0.2, -0.15) is 0 Å². The summed E-state index contributed by atoms with van der Waals surface area (Å²) in [5.41, 5.74) is 0. The van der Waals surface area contributed by atoms with Crippen LogP contribution in [-0.4, -0.2) is 23.1 Å². The molecule has 5 heteroatoms. The average Bonchev–Trinajstić information content (AvgIpc) is 2.78. The molecule has 4 atom stereocenters. The van der Waals surface area contributed by atoms with Gasteiger partial charge < -0.3 is 10.1 Å². The van der Waals surface area contributed by atoms with E-state index in [1.54, 1.807) is 7.11 Å². The minimum absolute atomic E-state index is 0.401. The predicted molar refractivity (Wildman–Crippen MR) is 73.0 cm³/mol. The largest absolute Gasteiger partial charge is 0.377 e. The third-order valence-electron chi connectivity index (χ3n) is 5.06. The van der Waals surface area contributed by atoms with Crippen molar-refractivity contribution >= 4 is 17.4 Å². The number of nitrogens with one attached hydrogen (secondary N) is 1. The number of methoxy groups -OCH3 is 1. The third kappa shape index (κ3) is 1.93. The summed E-state index contributed by atoms with van der Waals surface area (Å²) >= 11 is 6.03. The van der Waals surface area contributed by atoms with Crippen molar-refractivity contribution in [3.05, 3.63) is 17.0 Å². The lowest BCUT2D eigenvalue weighted by atomic mass is 10.0. The first kappa shape index (κ1) is 11.9. The standard InChI is InChI=1S/C14H18ClN3O/c1-19-6-11-16-9(15)5-10(17-11)18-14-12-7-2-3-8(4-7)13(12)14/h5,7-8,12-14H,2-4,6H2,1H3,(H,16,17,18). The van der Waals surface area contributed by atoms with Gasteiger partial charge >= 0.3 is 0 Å². The Hall–Kier alpha value is -0.870. The molecule has 0 amide bonds. The van der Waals surface area contributed by atoms with Crippen molar-refractivity contribution in [2.24, 2.45) is 23.7 Å². The molecule has 0 radical (unpaired) electrons. The van der Waals surface area contributed by atoms with Crippen LogP contribution in [-0.2, 0) is 11.3 Å². The third-order valence-corrected chi connectivity index (χ3v) is 5.26. The van der Waals surface area contributed by atoms with Gasteiger partial charge in [0.15, 0.2) is 5.82 Å². The summed E-state index contributed by atoms with van der Waals surface area (Å²) in [6, 6.07) is 2.43. The molecule has 3 fully saturated rings. The second kappa shape index (κ2) is 4.32. The van der Waals surface area contributed by atoms with Gasteiger partial charge in [0.05, 0.1) is 0 Å². The number of fused-ring (bicyclic) bond motifs is 5. The molecular formula is C14H18ClN3O. The fourth-order valence-corrected chi connectivity index (χ4v) is 4.62. The van der Waals surface area contributed by atoms with E-state index in [0.717, 1.165) is 29.5 Å². The molecule has 4 unspecified atom stereocenters. The van der Waals surface area contributed by atoms with Gasteiger partial charge in [0.25, 0.3) is 0 Å². The Labute approximate surface area is 117 Å². The van der Waals surface area contributed by atoms with Crippen LogP contribution in [0.1, 0.15) is 25.1 Å². The van der Waals surface area contributed by atoms with Crippen molar-refractivity contribution < 1.29 is 4.74 Å². The number of ether oxygens (including phenoxy) is 1. The number of anilines is 1. The second-order valence-electron chi connectivity index (χ2n) is 6.08. The van der Waals surface area contributed by atoms with Gasteiger partial charge in [-0.25, -0.2) is 9.97 Å². The van der Waals surface area contributed by atoms with Crippen LogP contribution in [0.25, 0.3) is 0 Å². The Morgan fingerprint density at radius 3 is 2.74 bits per heavy atom. The number of nitrogens with zero attached hydrogens (tertiary/aromatic N) is 2. The molecule has 1 heterocycles. The van der Waals surface area contributed by atoms with Crippen molar-refractivity contribution in [2.75, 3.05) is 12.4 Å². The second-order valence-corrected chi connectivity index (χ2v) is 6.47. The lowest BCUT2D eigenvalue weighted by Crippen LogP contribution is -2.14. The molecule has 0 spiro atoms. The molecule has 1 aromatic rings. The van der Waals surface area contributed by atoms with Gasteiger partial charge in [-0.05, 0) is 42.9 Å². The van der Waals surface area contributed by atoms with Crippen molar-refractivity contribution in [1.29, 1.82) is 0 Å². The first-order chi connectivity index (χ1) is 9.26. The van der Waals surface area contributed by atoms with Crippen LogP contribution in [0.4, 0.5) is 5.82 Å². The van der Waals surface area contributed by atoms with E-state index in [9.17, 15) is 0 Å². The van der Waals surface area contributed by atoms with Crippen LogP contribution in [0.5, 0.6) is 0 Å². The van der Waals surface area contributed by atoms with Crippen LogP contribution in [0.2, 0.25) is 5.15 Å². The molecule has 102 valence electrons. The molecule has 4 rings (SSSR count). The lowest BCUT2D eigenvalue weighted by molar-refractivity contribution is 0.178. The molecule has 4 nitrogen and oxygen atoms in total. The predicted octanol–water partition coefficient (Wildman–Crippen LogP) is 2.73. The van der Waals surface area contributed by atoms with Crippen LogP contribution >= 0.6 is 11.6 Å². The van der Waals surface area contributed by atoms with E-state index in [-0.39, 0.29) is 0 Å². The topological polar surface area (TPSA) is 47.0 Å². The van der Waals surface area contributed by atoms with Crippen LogP contribution in [0.15, 0.2) is 6.07 Å². The molecule has 1 N–H and O–H groups in total. The highest BCUT2D eigenvalue weighted by molar-refractivity contribution is 6.29. The van der Waals surface area contributed by atoms with Gasteiger partial charge in [-0.3, -0.25) is 0 Å². The summed E-state index contributed by atoms with van der Waals surface area (Å²) in [4.78, 5) is 8.62. The molecule has 0 saturated heterocycles.